The summed E-state index contributed by atoms with van der Waals surface area (Å²) < 4.78 is 2.79. The van der Waals surface area contributed by atoms with E-state index in [1.165, 1.54) is 7.05 Å². The molecule has 5 heteroatoms. The van der Waals surface area contributed by atoms with Crippen LogP contribution in [0.3, 0.4) is 0 Å². The van der Waals surface area contributed by atoms with Crippen LogP contribution in [0.2, 0.25) is 0 Å². The number of aryl methyl sites for hydroxylation is 1. The van der Waals surface area contributed by atoms with E-state index in [0.29, 0.717) is 18.5 Å². The maximum absolute atomic E-state index is 12.6. The van der Waals surface area contributed by atoms with Crippen LogP contribution in [0.15, 0.2) is 70.3 Å². The summed E-state index contributed by atoms with van der Waals surface area (Å²) in [5.74, 6) is 0. The lowest BCUT2D eigenvalue weighted by molar-refractivity contribution is 0.606. The van der Waals surface area contributed by atoms with Crippen molar-refractivity contribution in [1.29, 1.82) is 5.26 Å². The van der Waals surface area contributed by atoms with Crippen molar-refractivity contribution < 1.29 is 0 Å². The molecule has 0 aliphatic carbocycles. The number of rotatable bonds is 6. The maximum Gasteiger partial charge on any atom is 0.331 e. The van der Waals surface area contributed by atoms with Gasteiger partial charge in [-0.2, -0.15) is 5.26 Å². The average molecular weight is 385 g/mol. The summed E-state index contributed by atoms with van der Waals surface area (Å²) in [6.07, 6.45) is 3.38. The smallest absolute Gasteiger partial charge is 0.293 e. The number of nitriles is 1. The van der Waals surface area contributed by atoms with Crippen LogP contribution in [0.1, 0.15) is 35.7 Å². The maximum atomic E-state index is 12.6. The first-order valence-electron chi connectivity index (χ1n) is 9.59. The Morgan fingerprint density at radius 2 is 1.76 bits per heavy atom. The van der Waals surface area contributed by atoms with Crippen LogP contribution in [-0.2, 0) is 20.0 Å². The molecule has 3 rings (SSSR count). The molecular formula is C24H23N3O2. The Hall–Kier alpha value is -3.65. The summed E-state index contributed by atoms with van der Waals surface area (Å²) in [6, 6.07) is 21.1. The van der Waals surface area contributed by atoms with E-state index in [1.807, 2.05) is 67.6 Å². The first-order chi connectivity index (χ1) is 14.0. The molecule has 0 unspecified atom stereocenters. The minimum absolute atomic E-state index is 0.278. The molecule has 0 spiro atoms. The summed E-state index contributed by atoms with van der Waals surface area (Å²) in [4.78, 5) is 24.5. The highest BCUT2D eigenvalue weighted by Crippen LogP contribution is 2.18. The number of allylic oxidation sites excluding steroid dienone is 1. The number of aromatic nitrogens is 2. The van der Waals surface area contributed by atoms with Crippen molar-refractivity contribution in [1.82, 2.24) is 9.13 Å². The number of nitrogens with zero attached hydrogens (tertiary/aromatic N) is 3. The Morgan fingerprint density at radius 1 is 1.07 bits per heavy atom. The molecule has 0 saturated carbocycles. The van der Waals surface area contributed by atoms with E-state index >= 15 is 0 Å². The Labute approximate surface area is 169 Å². The third-order valence-corrected chi connectivity index (χ3v) is 4.83. The second-order valence-electron chi connectivity index (χ2n) is 6.93. The van der Waals surface area contributed by atoms with Gasteiger partial charge >= 0.3 is 5.69 Å². The van der Waals surface area contributed by atoms with Gasteiger partial charge < -0.3 is 0 Å². The summed E-state index contributed by atoms with van der Waals surface area (Å²) in [5.41, 5.74) is 3.51. The molecule has 0 amide bonds. The van der Waals surface area contributed by atoms with Crippen LogP contribution < -0.4 is 11.2 Å². The SMILES string of the molecule is CCCc1cc(=O)n(C)c(=O)n1Cc1ccc(C=C(C#N)c2ccccc2)cc1. The summed E-state index contributed by atoms with van der Waals surface area (Å²) in [6.45, 7) is 2.42. The fourth-order valence-corrected chi connectivity index (χ4v) is 3.21. The molecule has 146 valence electrons. The van der Waals surface area contributed by atoms with Crippen molar-refractivity contribution in [3.05, 3.63) is 104 Å². The predicted octanol–water partition coefficient (Wildman–Crippen LogP) is 3.61. The fraction of sp³-hybridized carbons (Fsp3) is 0.208. The van der Waals surface area contributed by atoms with E-state index in [1.54, 1.807) is 10.6 Å². The Balaban J connectivity index is 1.90. The third kappa shape index (κ3) is 4.61. The van der Waals surface area contributed by atoms with Crippen LogP contribution in [0.5, 0.6) is 0 Å². The molecule has 0 aliphatic heterocycles. The van der Waals surface area contributed by atoms with Crippen molar-refractivity contribution in [2.24, 2.45) is 7.05 Å². The van der Waals surface area contributed by atoms with Gasteiger partial charge in [0.05, 0.1) is 18.2 Å². The largest absolute Gasteiger partial charge is 0.331 e. The zero-order valence-corrected chi connectivity index (χ0v) is 16.6. The van der Waals surface area contributed by atoms with Crippen molar-refractivity contribution in [3.63, 3.8) is 0 Å². The standard InChI is InChI=1S/C24H23N3O2/c1-3-7-22-15-23(28)26(2)24(29)27(22)17-19-12-10-18(11-13-19)14-21(16-25)20-8-5-4-6-9-20/h4-6,8-15H,3,7,17H2,1-2H3. The molecule has 5 nitrogen and oxygen atoms in total. The molecular weight excluding hydrogens is 362 g/mol. The van der Waals surface area contributed by atoms with Gasteiger partial charge in [0.1, 0.15) is 0 Å². The highest BCUT2D eigenvalue weighted by molar-refractivity contribution is 5.89. The second-order valence-corrected chi connectivity index (χ2v) is 6.93. The van der Waals surface area contributed by atoms with Gasteiger partial charge in [0.2, 0.25) is 0 Å². The molecule has 0 atom stereocenters. The van der Waals surface area contributed by atoms with Gasteiger partial charge in [0.15, 0.2) is 0 Å². The first kappa shape index (κ1) is 20.1. The van der Waals surface area contributed by atoms with Crippen LogP contribution in [-0.4, -0.2) is 9.13 Å². The highest BCUT2D eigenvalue weighted by Gasteiger charge is 2.09. The van der Waals surface area contributed by atoms with Crippen molar-refractivity contribution in [3.8, 4) is 6.07 Å². The zero-order chi connectivity index (χ0) is 20.8. The van der Waals surface area contributed by atoms with Crippen LogP contribution >= 0.6 is 0 Å². The monoisotopic (exact) mass is 385 g/mol. The zero-order valence-electron chi connectivity index (χ0n) is 16.6. The lowest BCUT2D eigenvalue weighted by atomic mass is 10.0. The van der Waals surface area contributed by atoms with E-state index in [4.69, 9.17) is 0 Å². The predicted molar refractivity (Wildman–Crippen MR) is 115 cm³/mol. The van der Waals surface area contributed by atoms with Crippen LogP contribution in [0, 0.1) is 11.3 Å². The van der Waals surface area contributed by atoms with Gasteiger partial charge in [0, 0.05) is 18.8 Å². The van der Waals surface area contributed by atoms with E-state index < -0.39 is 0 Å². The van der Waals surface area contributed by atoms with Gasteiger partial charge in [-0.3, -0.25) is 13.9 Å². The third-order valence-electron chi connectivity index (χ3n) is 4.83. The minimum Gasteiger partial charge on any atom is -0.293 e. The number of benzene rings is 2. The normalized spacial score (nSPS) is 11.3. The quantitative estimate of drug-likeness (QED) is 0.481. The lowest BCUT2D eigenvalue weighted by Crippen LogP contribution is -2.39. The van der Waals surface area contributed by atoms with Gasteiger partial charge in [-0.15, -0.1) is 0 Å². The molecule has 0 fully saturated rings. The molecule has 29 heavy (non-hydrogen) atoms. The lowest BCUT2D eigenvalue weighted by Gasteiger charge is -2.13. The van der Waals surface area contributed by atoms with Crippen molar-refractivity contribution in [2.45, 2.75) is 26.3 Å². The molecule has 0 bridgehead atoms. The molecule has 0 radical (unpaired) electrons. The number of hydrogen-bond donors (Lipinski definition) is 0. The van der Waals surface area contributed by atoms with Gasteiger partial charge in [-0.05, 0) is 29.2 Å². The molecule has 3 aromatic rings. The van der Waals surface area contributed by atoms with Gasteiger partial charge in [-0.25, -0.2) is 4.79 Å². The van der Waals surface area contributed by atoms with E-state index in [2.05, 4.69) is 6.07 Å². The highest BCUT2D eigenvalue weighted by atomic mass is 16.2. The average Bonchev–Trinajstić information content (AvgIpc) is 2.75. The molecule has 1 heterocycles. The Bertz CT molecular complexity index is 1180. The molecule has 1 aromatic heterocycles. The molecule has 2 aromatic carbocycles. The van der Waals surface area contributed by atoms with Gasteiger partial charge in [-0.1, -0.05) is 67.9 Å². The topological polar surface area (TPSA) is 67.8 Å². The molecule has 0 saturated heterocycles. The van der Waals surface area contributed by atoms with Crippen molar-refractivity contribution in [2.75, 3.05) is 0 Å². The fourth-order valence-electron chi connectivity index (χ4n) is 3.21. The minimum atomic E-state index is -0.305. The van der Waals surface area contributed by atoms with E-state index in [-0.39, 0.29) is 11.2 Å². The summed E-state index contributed by atoms with van der Waals surface area (Å²) >= 11 is 0. The van der Waals surface area contributed by atoms with E-state index in [9.17, 15) is 14.9 Å². The molecule has 0 aliphatic rings. The summed E-state index contributed by atoms with van der Waals surface area (Å²) in [5, 5.41) is 9.47. The number of hydrogen-bond acceptors (Lipinski definition) is 3. The van der Waals surface area contributed by atoms with Gasteiger partial charge in [0.25, 0.3) is 5.56 Å². The Kier molecular flexibility index (Phi) is 6.25. The van der Waals surface area contributed by atoms with E-state index in [0.717, 1.165) is 33.4 Å². The van der Waals surface area contributed by atoms with Crippen molar-refractivity contribution >= 4 is 11.6 Å². The second kappa shape index (κ2) is 9.03. The van der Waals surface area contributed by atoms with Crippen LogP contribution in [0.25, 0.3) is 11.6 Å². The van der Waals surface area contributed by atoms with Crippen LogP contribution in [0.4, 0.5) is 0 Å². The molecule has 0 N–H and O–H groups in total. The first-order valence-corrected chi connectivity index (χ1v) is 9.59. The summed E-state index contributed by atoms with van der Waals surface area (Å²) in [7, 11) is 1.50. The Morgan fingerprint density at radius 3 is 2.38 bits per heavy atom.